The smallest absolute Gasteiger partial charge is 0.355 e. The van der Waals surface area contributed by atoms with Crippen LogP contribution in [-0.2, 0) is 9.53 Å². The number of amides is 1. The number of rotatable bonds is 6. The second-order valence-corrected chi connectivity index (χ2v) is 5.34. The van der Waals surface area contributed by atoms with Crippen LogP contribution < -0.4 is 5.32 Å². The molecule has 0 spiro atoms. The molecule has 23 heavy (non-hydrogen) atoms. The molecular formula is C17H14BrNO4. The average molecular weight is 376 g/mol. The Balaban J connectivity index is 2.22. The summed E-state index contributed by atoms with van der Waals surface area (Å²) in [4.78, 5) is 24.3. The summed E-state index contributed by atoms with van der Waals surface area (Å²) in [5.41, 5.74) is 0.382. The number of ether oxygens (including phenoxy) is 1. The van der Waals surface area contributed by atoms with Crippen molar-refractivity contribution >= 4 is 33.9 Å². The van der Waals surface area contributed by atoms with Crippen molar-refractivity contribution in [3.8, 4) is 0 Å². The molecule has 0 atom stereocenters. The third-order valence-corrected chi connectivity index (χ3v) is 3.21. The van der Waals surface area contributed by atoms with Gasteiger partial charge in [0.05, 0.1) is 6.26 Å². The van der Waals surface area contributed by atoms with Gasteiger partial charge in [-0.1, -0.05) is 34.7 Å². The topological polar surface area (TPSA) is 68.5 Å². The minimum Gasteiger partial charge on any atom is -0.465 e. The lowest BCUT2D eigenvalue weighted by Crippen LogP contribution is -2.28. The number of hydrogen-bond donors (Lipinski definition) is 1. The van der Waals surface area contributed by atoms with Crippen LogP contribution in [0.25, 0.3) is 6.08 Å². The van der Waals surface area contributed by atoms with E-state index < -0.39 is 11.9 Å². The van der Waals surface area contributed by atoms with E-state index in [0.29, 0.717) is 11.3 Å². The number of carbonyl (C=O) groups excluding carboxylic acids is 2. The van der Waals surface area contributed by atoms with Gasteiger partial charge in [-0.2, -0.15) is 0 Å². The first-order valence-electron chi connectivity index (χ1n) is 6.70. The Hall–Kier alpha value is -2.60. The highest BCUT2D eigenvalue weighted by molar-refractivity contribution is 9.10. The van der Waals surface area contributed by atoms with Crippen molar-refractivity contribution < 1.29 is 18.7 Å². The Labute approximate surface area is 141 Å². The molecule has 0 unspecified atom stereocenters. The molecule has 5 nitrogen and oxygen atoms in total. The maximum absolute atomic E-state index is 12.3. The quantitative estimate of drug-likeness (QED) is 0.476. The van der Waals surface area contributed by atoms with Gasteiger partial charge >= 0.3 is 5.97 Å². The van der Waals surface area contributed by atoms with Crippen LogP contribution in [0.2, 0.25) is 0 Å². The SMILES string of the molecule is C=CCOC(=O)/C(=C/c1ccco1)NC(=O)c1cccc(Br)c1. The predicted molar refractivity (Wildman–Crippen MR) is 89.4 cm³/mol. The number of hydrogen-bond acceptors (Lipinski definition) is 4. The van der Waals surface area contributed by atoms with E-state index in [0.717, 1.165) is 4.47 Å². The monoisotopic (exact) mass is 375 g/mol. The zero-order valence-corrected chi connectivity index (χ0v) is 13.7. The van der Waals surface area contributed by atoms with Crippen LogP contribution in [0.4, 0.5) is 0 Å². The first-order valence-corrected chi connectivity index (χ1v) is 7.49. The van der Waals surface area contributed by atoms with Gasteiger partial charge in [0.25, 0.3) is 5.91 Å². The van der Waals surface area contributed by atoms with E-state index in [-0.39, 0.29) is 12.3 Å². The van der Waals surface area contributed by atoms with Crippen molar-refractivity contribution in [2.45, 2.75) is 0 Å². The molecule has 1 heterocycles. The molecule has 0 radical (unpaired) electrons. The lowest BCUT2D eigenvalue weighted by atomic mass is 10.2. The van der Waals surface area contributed by atoms with E-state index in [9.17, 15) is 9.59 Å². The van der Waals surface area contributed by atoms with Crippen LogP contribution >= 0.6 is 15.9 Å². The van der Waals surface area contributed by atoms with Crippen molar-refractivity contribution in [2.24, 2.45) is 0 Å². The summed E-state index contributed by atoms with van der Waals surface area (Å²) < 4.78 is 10.9. The molecule has 1 aromatic carbocycles. The summed E-state index contributed by atoms with van der Waals surface area (Å²) in [5, 5.41) is 2.54. The van der Waals surface area contributed by atoms with Crippen molar-refractivity contribution in [1.82, 2.24) is 5.32 Å². The number of esters is 1. The minimum atomic E-state index is -0.676. The van der Waals surface area contributed by atoms with E-state index in [2.05, 4.69) is 27.8 Å². The van der Waals surface area contributed by atoms with Crippen LogP contribution in [0, 0.1) is 0 Å². The van der Waals surface area contributed by atoms with Gasteiger partial charge in [0.1, 0.15) is 18.1 Å². The zero-order chi connectivity index (χ0) is 16.7. The van der Waals surface area contributed by atoms with E-state index in [1.165, 1.54) is 18.4 Å². The van der Waals surface area contributed by atoms with Gasteiger partial charge in [-0.15, -0.1) is 0 Å². The first-order chi connectivity index (χ1) is 11.1. The van der Waals surface area contributed by atoms with Gasteiger partial charge in [-0.25, -0.2) is 4.79 Å². The fraction of sp³-hybridized carbons (Fsp3) is 0.0588. The molecule has 0 aliphatic rings. The second-order valence-electron chi connectivity index (χ2n) is 4.43. The van der Waals surface area contributed by atoms with Crippen molar-refractivity contribution in [3.05, 3.63) is 76.8 Å². The summed E-state index contributed by atoms with van der Waals surface area (Å²) in [6.45, 7) is 3.52. The fourth-order valence-corrected chi connectivity index (χ4v) is 2.10. The minimum absolute atomic E-state index is 0.0215. The van der Waals surface area contributed by atoms with Gasteiger partial charge < -0.3 is 14.5 Å². The molecule has 0 saturated heterocycles. The normalized spacial score (nSPS) is 10.9. The highest BCUT2D eigenvalue weighted by Gasteiger charge is 2.16. The van der Waals surface area contributed by atoms with E-state index in [1.807, 2.05) is 0 Å². The first kappa shape index (κ1) is 16.8. The maximum atomic E-state index is 12.3. The number of nitrogens with one attached hydrogen (secondary N) is 1. The van der Waals surface area contributed by atoms with Gasteiger partial charge in [-0.3, -0.25) is 4.79 Å². The van der Waals surface area contributed by atoms with E-state index in [1.54, 1.807) is 36.4 Å². The highest BCUT2D eigenvalue weighted by atomic mass is 79.9. The average Bonchev–Trinajstić information content (AvgIpc) is 3.05. The predicted octanol–water partition coefficient (Wildman–Crippen LogP) is 3.54. The Kier molecular flexibility index (Phi) is 5.94. The van der Waals surface area contributed by atoms with Gasteiger partial charge in [0.15, 0.2) is 0 Å². The summed E-state index contributed by atoms with van der Waals surface area (Å²) >= 11 is 3.30. The Morgan fingerprint density at radius 3 is 2.78 bits per heavy atom. The van der Waals surface area contributed by atoms with Crippen LogP contribution in [0.1, 0.15) is 16.1 Å². The van der Waals surface area contributed by atoms with Crippen molar-refractivity contribution in [1.29, 1.82) is 0 Å². The largest absolute Gasteiger partial charge is 0.465 e. The Morgan fingerprint density at radius 2 is 2.13 bits per heavy atom. The second kappa shape index (κ2) is 8.14. The van der Waals surface area contributed by atoms with E-state index in [4.69, 9.17) is 9.15 Å². The van der Waals surface area contributed by atoms with Crippen LogP contribution in [-0.4, -0.2) is 18.5 Å². The molecule has 0 bridgehead atoms. The van der Waals surface area contributed by atoms with Crippen LogP contribution in [0.5, 0.6) is 0 Å². The molecule has 0 fully saturated rings. The third-order valence-electron chi connectivity index (χ3n) is 2.72. The van der Waals surface area contributed by atoms with Gasteiger partial charge in [0, 0.05) is 16.1 Å². The molecule has 6 heteroatoms. The highest BCUT2D eigenvalue weighted by Crippen LogP contribution is 2.13. The molecule has 118 valence electrons. The Bertz CT molecular complexity index is 735. The molecule has 0 aliphatic carbocycles. The van der Waals surface area contributed by atoms with Gasteiger partial charge in [0.2, 0.25) is 0 Å². The molecule has 2 rings (SSSR count). The molecule has 0 aliphatic heterocycles. The van der Waals surface area contributed by atoms with Crippen LogP contribution in [0.3, 0.4) is 0 Å². The lowest BCUT2D eigenvalue weighted by molar-refractivity contribution is -0.138. The van der Waals surface area contributed by atoms with Crippen molar-refractivity contribution in [3.63, 3.8) is 0 Å². The number of furan rings is 1. The number of carbonyl (C=O) groups is 2. The number of benzene rings is 1. The molecule has 1 amide bonds. The summed E-state index contributed by atoms with van der Waals surface area (Å²) in [7, 11) is 0. The molecule has 1 N–H and O–H groups in total. The summed E-state index contributed by atoms with van der Waals surface area (Å²) in [6.07, 6.45) is 4.31. The van der Waals surface area contributed by atoms with Crippen LogP contribution in [0.15, 0.2) is 69.9 Å². The van der Waals surface area contributed by atoms with Crippen molar-refractivity contribution in [2.75, 3.05) is 6.61 Å². The molecule has 1 aromatic heterocycles. The molecule has 2 aromatic rings. The number of halogens is 1. The molecular weight excluding hydrogens is 362 g/mol. The third kappa shape index (κ3) is 4.96. The molecule has 0 saturated carbocycles. The summed E-state index contributed by atoms with van der Waals surface area (Å²) in [5.74, 6) is -0.686. The lowest BCUT2D eigenvalue weighted by Gasteiger charge is -2.09. The summed E-state index contributed by atoms with van der Waals surface area (Å²) in [6, 6.07) is 10.1. The standard InChI is InChI=1S/C17H14BrNO4/c1-2-8-23-17(21)15(11-14-7-4-9-22-14)19-16(20)12-5-3-6-13(18)10-12/h2-7,9-11H,1,8H2,(H,19,20)/b15-11-. The van der Waals surface area contributed by atoms with Gasteiger partial charge in [-0.05, 0) is 30.3 Å². The fourth-order valence-electron chi connectivity index (χ4n) is 1.70. The Morgan fingerprint density at radius 1 is 1.30 bits per heavy atom. The maximum Gasteiger partial charge on any atom is 0.355 e. The zero-order valence-electron chi connectivity index (χ0n) is 12.1. The van der Waals surface area contributed by atoms with E-state index >= 15 is 0 Å².